The lowest BCUT2D eigenvalue weighted by Gasteiger charge is -2.06. The largest absolute Gasteiger partial charge is 0.497 e. The van der Waals surface area contributed by atoms with Gasteiger partial charge in [0.1, 0.15) is 5.75 Å². The molecule has 3 aromatic rings. The summed E-state index contributed by atoms with van der Waals surface area (Å²) in [5.41, 5.74) is 1.57. The molecule has 8 nitrogen and oxygen atoms in total. The Kier molecular flexibility index (Phi) is 6.78. The molecule has 0 saturated heterocycles. The van der Waals surface area contributed by atoms with E-state index in [1.807, 2.05) is 12.1 Å². The van der Waals surface area contributed by atoms with Crippen LogP contribution in [0.5, 0.6) is 5.75 Å². The van der Waals surface area contributed by atoms with E-state index in [-0.39, 0.29) is 22.4 Å². The molecule has 2 N–H and O–H groups in total. The van der Waals surface area contributed by atoms with E-state index in [1.165, 1.54) is 30.6 Å². The van der Waals surface area contributed by atoms with Gasteiger partial charge in [0.05, 0.1) is 17.7 Å². The van der Waals surface area contributed by atoms with Crippen LogP contribution in [0.25, 0.3) is 0 Å². The molecule has 0 aliphatic carbocycles. The molecular formula is C19H20N4O4S2. The van der Waals surface area contributed by atoms with Gasteiger partial charge in [-0.05, 0) is 42.3 Å². The van der Waals surface area contributed by atoms with E-state index in [0.29, 0.717) is 24.4 Å². The lowest BCUT2D eigenvalue weighted by atomic mass is 10.2. The highest BCUT2D eigenvalue weighted by molar-refractivity contribution is 7.93. The second-order valence-corrected chi connectivity index (χ2v) is 8.60. The summed E-state index contributed by atoms with van der Waals surface area (Å²) in [7, 11) is -2.23. The first-order valence-electron chi connectivity index (χ1n) is 8.73. The van der Waals surface area contributed by atoms with Crippen molar-refractivity contribution >= 4 is 32.4 Å². The summed E-state index contributed by atoms with van der Waals surface area (Å²) in [4.78, 5) is 20.4. The van der Waals surface area contributed by atoms with Crippen molar-refractivity contribution in [3.05, 3.63) is 65.4 Å². The third kappa shape index (κ3) is 6.00. The highest BCUT2D eigenvalue weighted by Gasteiger charge is 2.16. The number of nitrogens with zero attached hydrogens (tertiary/aromatic N) is 2. The number of hydrogen-bond donors (Lipinski definition) is 2. The minimum atomic E-state index is -3.74. The number of anilines is 1. The van der Waals surface area contributed by atoms with Crippen molar-refractivity contribution in [2.45, 2.75) is 24.3 Å². The smallest absolute Gasteiger partial charge is 0.263 e. The molecule has 0 aliphatic heterocycles. The van der Waals surface area contributed by atoms with E-state index in [4.69, 9.17) is 4.74 Å². The summed E-state index contributed by atoms with van der Waals surface area (Å²) in [5, 5.41) is 4.81. The Morgan fingerprint density at radius 3 is 2.69 bits per heavy atom. The van der Waals surface area contributed by atoms with Gasteiger partial charge in [0.25, 0.3) is 10.0 Å². The van der Waals surface area contributed by atoms with Gasteiger partial charge in [0.2, 0.25) is 5.91 Å². The van der Waals surface area contributed by atoms with Crippen molar-refractivity contribution in [2.75, 3.05) is 11.8 Å². The molecule has 0 aliphatic rings. The van der Waals surface area contributed by atoms with Crippen LogP contribution in [0.15, 0.2) is 59.1 Å². The van der Waals surface area contributed by atoms with Crippen molar-refractivity contribution in [1.29, 1.82) is 0 Å². The second-order valence-electron chi connectivity index (χ2n) is 6.06. The predicted molar refractivity (Wildman–Crippen MR) is 110 cm³/mol. The maximum absolute atomic E-state index is 12.4. The van der Waals surface area contributed by atoms with E-state index in [0.717, 1.165) is 5.56 Å². The Morgan fingerprint density at radius 1 is 1.21 bits per heavy atom. The molecular weight excluding hydrogens is 412 g/mol. The molecule has 0 saturated carbocycles. The maximum Gasteiger partial charge on any atom is 0.263 e. The van der Waals surface area contributed by atoms with Crippen LogP contribution in [-0.4, -0.2) is 31.4 Å². The number of carbonyl (C=O) groups excluding carboxylic acids is 1. The van der Waals surface area contributed by atoms with Gasteiger partial charge in [0.15, 0.2) is 5.13 Å². The number of aryl methyl sites for hydroxylation is 1. The molecule has 0 spiro atoms. The van der Waals surface area contributed by atoms with Gasteiger partial charge >= 0.3 is 0 Å². The molecule has 0 fully saturated rings. The van der Waals surface area contributed by atoms with Gasteiger partial charge in [-0.2, -0.15) is 0 Å². The number of amides is 1. The van der Waals surface area contributed by atoms with E-state index in [2.05, 4.69) is 20.0 Å². The van der Waals surface area contributed by atoms with Crippen LogP contribution < -0.4 is 14.8 Å². The van der Waals surface area contributed by atoms with Crippen molar-refractivity contribution in [2.24, 2.45) is 0 Å². The van der Waals surface area contributed by atoms with Gasteiger partial charge in [-0.25, -0.2) is 13.4 Å². The van der Waals surface area contributed by atoms with Gasteiger partial charge in [-0.3, -0.25) is 14.5 Å². The van der Waals surface area contributed by atoms with E-state index in [1.54, 1.807) is 29.9 Å². The van der Waals surface area contributed by atoms with Gasteiger partial charge < -0.3 is 10.1 Å². The summed E-state index contributed by atoms with van der Waals surface area (Å²) in [6, 6.07) is 9.77. The number of methoxy groups -OCH3 is 1. The van der Waals surface area contributed by atoms with Crippen LogP contribution in [0.1, 0.15) is 17.7 Å². The fourth-order valence-corrected chi connectivity index (χ4v) is 4.43. The number of nitrogens with one attached hydrogen (secondary N) is 2. The Balaban J connectivity index is 1.51. The lowest BCUT2D eigenvalue weighted by molar-refractivity contribution is -0.121. The van der Waals surface area contributed by atoms with Crippen molar-refractivity contribution < 1.29 is 17.9 Å². The van der Waals surface area contributed by atoms with Crippen LogP contribution in [-0.2, 0) is 27.8 Å². The zero-order valence-corrected chi connectivity index (χ0v) is 17.3. The van der Waals surface area contributed by atoms with Crippen molar-refractivity contribution in [3.8, 4) is 5.75 Å². The standard InChI is InChI=1S/C19H20N4O4S2/c1-27-16-5-7-17(8-6-16)29(25,26)23-19-22-15(13-28-19)4-9-18(24)21-12-14-3-2-10-20-11-14/h2-3,5-8,10-11,13H,4,9,12H2,1H3,(H,21,24)(H,22,23). The molecule has 0 bridgehead atoms. The van der Waals surface area contributed by atoms with Crippen LogP contribution in [0.4, 0.5) is 5.13 Å². The minimum absolute atomic E-state index is 0.109. The number of hydrogen-bond acceptors (Lipinski definition) is 7. The summed E-state index contributed by atoms with van der Waals surface area (Å²) in [6.45, 7) is 0.413. The normalized spacial score (nSPS) is 11.1. The van der Waals surface area contributed by atoms with Gasteiger partial charge in [-0.15, -0.1) is 11.3 Å². The Bertz CT molecular complexity index is 1050. The van der Waals surface area contributed by atoms with Crippen LogP contribution in [0, 0.1) is 0 Å². The summed E-state index contributed by atoms with van der Waals surface area (Å²) in [5.74, 6) is 0.463. The number of sulfonamides is 1. The number of carbonyl (C=O) groups is 1. The fourth-order valence-electron chi connectivity index (χ4n) is 2.43. The summed E-state index contributed by atoms with van der Waals surface area (Å²) >= 11 is 1.17. The quantitative estimate of drug-likeness (QED) is 0.538. The molecule has 1 amide bonds. The Labute approximate surface area is 173 Å². The third-order valence-electron chi connectivity index (χ3n) is 3.96. The molecule has 10 heteroatoms. The van der Waals surface area contributed by atoms with Crippen LogP contribution in [0.2, 0.25) is 0 Å². The lowest BCUT2D eigenvalue weighted by Crippen LogP contribution is -2.23. The number of aromatic nitrogens is 2. The molecule has 0 atom stereocenters. The third-order valence-corrected chi connectivity index (χ3v) is 6.25. The fraction of sp³-hybridized carbons (Fsp3) is 0.211. The zero-order chi connectivity index (χ0) is 20.7. The number of thiazole rings is 1. The molecule has 3 rings (SSSR count). The number of rotatable bonds is 9. The number of ether oxygens (including phenoxy) is 1. The molecule has 2 heterocycles. The van der Waals surface area contributed by atoms with Crippen molar-refractivity contribution in [1.82, 2.24) is 15.3 Å². The number of pyridine rings is 1. The monoisotopic (exact) mass is 432 g/mol. The van der Waals surface area contributed by atoms with Gasteiger partial charge in [0, 0.05) is 30.7 Å². The molecule has 152 valence electrons. The van der Waals surface area contributed by atoms with E-state index < -0.39 is 10.0 Å². The first-order valence-corrected chi connectivity index (χ1v) is 11.1. The average Bonchev–Trinajstić information content (AvgIpc) is 3.18. The van der Waals surface area contributed by atoms with E-state index in [9.17, 15) is 13.2 Å². The maximum atomic E-state index is 12.4. The van der Waals surface area contributed by atoms with Crippen LogP contribution in [0.3, 0.4) is 0 Å². The zero-order valence-electron chi connectivity index (χ0n) is 15.7. The second kappa shape index (κ2) is 9.48. The molecule has 2 aromatic heterocycles. The van der Waals surface area contributed by atoms with Crippen LogP contribution >= 0.6 is 11.3 Å². The molecule has 0 unspecified atom stereocenters. The predicted octanol–water partition coefficient (Wildman–Crippen LogP) is 2.60. The Hall–Kier alpha value is -2.98. The highest BCUT2D eigenvalue weighted by atomic mass is 32.2. The summed E-state index contributed by atoms with van der Waals surface area (Å²) in [6.07, 6.45) is 4.05. The Morgan fingerprint density at radius 2 is 2.00 bits per heavy atom. The molecule has 1 aromatic carbocycles. The molecule has 29 heavy (non-hydrogen) atoms. The highest BCUT2D eigenvalue weighted by Crippen LogP contribution is 2.22. The summed E-state index contributed by atoms with van der Waals surface area (Å²) < 4.78 is 32.4. The number of benzene rings is 1. The first kappa shape index (κ1) is 20.7. The minimum Gasteiger partial charge on any atom is -0.497 e. The topological polar surface area (TPSA) is 110 Å². The van der Waals surface area contributed by atoms with Crippen molar-refractivity contribution in [3.63, 3.8) is 0 Å². The van der Waals surface area contributed by atoms with E-state index >= 15 is 0 Å². The SMILES string of the molecule is COc1ccc(S(=O)(=O)Nc2nc(CCC(=O)NCc3cccnc3)cs2)cc1. The molecule has 0 radical (unpaired) electrons. The van der Waals surface area contributed by atoms with Gasteiger partial charge in [-0.1, -0.05) is 6.07 Å². The average molecular weight is 433 g/mol. The first-order chi connectivity index (χ1) is 14.0.